The van der Waals surface area contributed by atoms with Gasteiger partial charge in [0.2, 0.25) is 0 Å². The van der Waals surface area contributed by atoms with Crippen LogP contribution in [-0.2, 0) is 13.0 Å². The van der Waals surface area contributed by atoms with Gasteiger partial charge in [-0.05, 0) is 63.8 Å². The van der Waals surface area contributed by atoms with E-state index in [1.165, 1.54) is 25.0 Å². The molecule has 5 rings (SSSR count). The third-order valence-corrected chi connectivity index (χ3v) is 6.16. The number of anilines is 1. The lowest BCUT2D eigenvalue weighted by atomic mass is 10.1. The molecular weight excluding hydrogens is 431 g/mol. The molecule has 1 fully saturated rings. The number of fused-ring (bicyclic) bond motifs is 1. The van der Waals surface area contributed by atoms with E-state index in [1.807, 2.05) is 24.7 Å². The zero-order valence-corrected chi connectivity index (χ0v) is 19.7. The van der Waals surface area contributed by atoms with Crippen molar-refractivity contribution < 1.29 is 4.39 Å². The minimum absolute atomic E-state index is 0.277. The minimum atomic E-state index is -0.277. The summed E-state index contributed by atoms with van der Waals surface area (Å²) < 4.78 is 17.3. The Morgan fingerprint density at radius 2 is 1.91 bits per heavy atom. The van der Waals surface area contributed by atoms with Gasteiger partial charge in [-0.1, -0.05) is 0 Å². The van der Waals surface area contributed by atoms with Crippen LogP contribution >= 0.6 is 0 Å². The summed E-state index contributed by atoms with van der Waals surface area (Å²) in [7, 11) is 0. The Morgan fingerprint density at radius 1 is 1.15 bits per heavy atom. The topological polar surface area (TPSA) is 98.4 Å². The molecule has 0 atom stereocenters. The first-order valence-electron chi connectivity index (χ1n) is 11.7. The van der Waals surface area contributed by atoms with Gasteiger partial charge in [-0.3, -0.25) is 0 Å². The van der Waals surface area contributed by atoms with E-state index in [0.717, 1.165) is 52.8 Å². The van der Waals surface area contributed by atoms with Crippen molar-refractivity contribution >= 4 is 29.4 Å². The highest BCUT2D eigenvalue weighted by Crippen LogP contribution is 2.36. The van der Waals surface area contributed by atoms with Crippen molar-refractivity contribution in [2.24, 2.45) is 21.6 Å². The van der Waals surface area contributed by atoms with Gasteiger partial charge in [0.05, 0.1) is 22.8 Å². The first kappa shape index (κ1) is 22.1. The lowest BCUT2D eigenvalue weighted by molar-refractivity contribution is 0.568. The highest BCUT2D eigenvalue weighted by molar-refractivity contribution is 5.99. The van der Waals surface area contributed by atoms with Gasteiger partial charge in [0.25, 0.3) is 0 Å². The van der Waals surface area contributed by atoms with Gasteiger partial charge < -0.3 is 11.1 Å². The van der Waals surface area contributed by atoms with Crippen LogP contribution in [0.5, 0.6) is 0 Å². The molecule has 2 aliphatic rings. The van der Waals surface area contributed by atoms with Crippen LogP contribution in [-0.4, -0.2) is 38.2 Å². The molecule has 176 valence electrons. The first-order valence-corrected chi connectivity index (χ1v) is 11.7. The van der Waals surface area contributed by atoms with Crippen molar-refractivity contribution in [2.75, 3.05) is 11.9 Å². The highest BCUT2D eigenvalue weighted by atomic mass is 19.1. The van der Waals surface area contributed by atoms with Crippen molar-refractivity contribution in [2.45, 2.75) is 46.6 Å². The number of hydrogen-bond donors (Lipinski definition) is 2. The van der Waals surface area contributed by atoms with E-state index in [1.54, 1.807) is 22.9 Å². The van der Waals surface area contributed by atoms with Crippen molar-refractivity contribution in [3.05, 3.63) is 53.1 Å². The summed E-state index contributed by atoms with van der Waals surface area (Å²) in [5.41, 5.74) is 11.8. The molecule has 0 unspecified atom stereocenters. The second kappa shape index (κ2) is 8.89. The molecule has 0 amide bonds. The Morgan fingerprint density at radius 3 is 2.62 bits per heavy atom. The number of aliphatic imine (C=N–C) groups is 2. The molecule has 3 N–H and O–H groups in total. The zero-order valence-electron chi connectivity index (χ0n) is 19.7. The normalized spacial score (nSPS) is 19.8. The van der Waals surface area contributed by atoms with Crippen LogP contribution in [0.1, 0.15) is 36.7 Å². The van der Waals surface area contributed by atoms with Crippen molar-refractivity contribution in [1.82, 2.24) is 19.6 Å². The van der Waals surface area contributed by atoms with E-state index in [0.29, 0.717) is 24.0 Å². The quantitative estimate of drug-likeness (QED) is 0.567. The molecule has 3 aromatic rings. The molecule has 2 aromatic heterocycles. The van der Waals surface area contributed by atoms with E-state index >= 15 is 0 Å². The summed E-state index contributed by atoms with van der Waals surface area (Å²) >= 11 is 0. The predicted octanol–water partition coefficient (Wildman–Crippen LogP) is 4.46. The largest absolute Gasteiger partial charge is 0.384 e. The van der Waals surface area contributed by atoms with Crippen LogP contribution in [0.15, 0.2) is 40.3 Å². The summed E-state index contributed by atoms with van der Waals surface area (Å²) in [6.07, 6.45) is 6.49. The third kappa shape index (κ3) is 4.25. The summed E-state index contributed by atoms with van der Waals surface area (Å²) in [5, 5.41) is 12.9. The Hall–Kier alpha value is -3.75. The highest BCUT2D eigenvalue weighted by Gasteiger charge is 2.27. The van der Waals surface area contributed by atoms with Crippen molar-refractivity contribution in [3.63, 3.8) is 0 Å². The van der Waals surface area contributed by atoms with Crippen LogP contribution in [0.3, 0.4) is 0 Å². The van der Waals surface area contributed by atoms with E-state index < -0.39 is 0 Å². The summed E-state index contributed by atoms with van der Waals surface area (Å²) in [4.78, 5) is 9.50. The molecule has 8 nitrogen and oxygen atoms in total. The molecule has 34 heavy (non-hydrogen) atoms. The average Bonchev–Trinajstić information content (AvgIpc) is 3.50. The lowest BCUT2D eigenvalue weighted by Crippen LogP contribution is -2.12. The van der Waals surface area contributed by atoms with Crippen molar-refractivity contribution in [1.29, 1.82) is 0 Å². The molecule has 1 saturated carbocycles. The summed E-state index contributed by atoms with van der Waals surface area (Å²) in [5.74, 6) is 1.99. The average molecular weight is 461 g/mol. The molecule has 1 aliphatic heterocycles. The number of nitrogens with two attached hydrogens (primary N) is 1. The molecule has 0 spiro atoms. The second-order valence-electron chi connectivity index (χ2n) is 8.83. The van der Waals surface area contributed by atoms with E-state index in [-0.39, 0.29) is 5.82 Å². The fourth-order valence-corrected chi connectivity index (χ4v) is 4.28. The molecule has 1 aliphatic carbocycles. The van der Waals surface area contributed by atoms with Gasteiger partial charge >= 0.3 is 0 Å². The molecule has 3 heterocycles. The fourth-order valence-electron chi connectivity index (χ4n) is 4.28. The second-order valence-corrected chi connectivity index (χ2v) is 8.83. The number of nitrogens with one attached hydrogen (secondary N) is 1. The van der Waals surface area contributed by atoms with Gasteiger partial charge in [0, 0.05) is 42.9 Å². The maximum atomic E-state index is 13.6. The zero-order chi connectivity index (χ0) is 23.8. The number of rotatable bonds is 6. The Bertz CT molecular complexity index is 1310. The SMILES string of the molecule is CCNc1c(C)nn(C2=C/C(N)=N/c3c(c(-c4ccc(F)cc4)nn3CC3CC3)C/C=N\2)c1C. The fraction of sp³-hybridized carbons (Fsp3) is 0.360. The smallest absolute Gasteiger partial charge is 0.157 e. The van der Waals surface area contributed by atoms with Gasteiger partial charge in [-0.15, -0.1) is 0 Å². The monoisotopic (exact) mass is 460 g/mol. The molecule has 1 aromatic carbocycles. The molecule has 0 saturated heterocycles. The van der Waals surface area contributed by atoms with Crippen LogP contribution in [0, 0.1) is 25.6 Å². The van der Waals surface area contributed by atoms with Gasteiger partial charge in [-0.2, -0.15) is 10.2 Å². The van der Waals surface area contributed by atoms with Gasteiger partial charge in [0.15, 0.2) is 11.6 Å². The number of amidine groups is 1. The maximum Gasteiger partial charge on any atom is 0.157 e. The molecule has 0 bridgehead atoms. The number of aromatic nitrogens is 4. The Labute approximate surface area is 198 Å². The molecule has 0 radical (unpaired) electrons. The number of hydrogen-bond acceptors (Lipinski definition) is 6. The molecular formula is C25H29FN8. The number of nitrogens with zero attached hydrogens (tertiary/aromatic N) is 6. The minimum Gasteiger partial charge on any atom is -0.384 e. The summed E-state index contributed by atoms with van der Waals surface area (Å²) in [6, 6.07) is 6.40. The number of aryl methyl sites for hydroxylation is 1. The molecule has 9 heteroatoms. The van der Waals surface area contributed by atoms with Gasteiger partial charge in [-0.25, -0.2) is 23.7 Å². The number of benzene rings is 1. The summed E-state index contributed by atoms with van der Waals surface area (Å²) in [6.45, 7) is 7.62. The van der Waals surface area contributed by atoms with Gasteiger partial charge in [0.1, 0.15) is 11.7 Å². The van der Waals surface area contributed by atoms with Crippen molar-refractivity contribution in [3.8, 4) is 11.3 Å². The van der Waals surface area contributed by atoms with Crippen LogP contribution in [0.25, 0.3) is 17.1 Å². The van der Waals surface area contributed by atoms with E-state index in [2.05, 4.69) is 17.3 Å². The Balaban J connectivity index is 1.59. The number of halogens is 1. The van der Waals surface area contributed by atoms with Crippen LogP contribution in [0.2, 0.25) is 0 Å². The maximum absolute atomic E-state index is 13.6. The van der Waals surface area contributed by atoms with Crippen LogP contribution < -0.4 is 11.1 Å². The predicted molar refractivity (Wildman–Crippen MR) is 134 cm³/mol. The standard InChI is InChI=1S/C25H29FN8/c1-4-28-23-15(2)31-34(16(23)3)22-13-21(27)30-25-20(11-12-29-22)24(18-7-9-19(26)10-8-18)32-33(25)14-17-5-6-17/h7-10,12-13,17,28H,4-6,11,14H2,1-3H3,(H2,27,30)/b22-13+,29-12-. The third-order valence-electron chi connectivity index (χ3n) is 6.16. The first-order chi connectivity index (χ1) is 16.4. The van der Waals surface area contributed by atoms with E-state index in [9.17, 15) is 4.39 Å². The lowest BCUT2D eigenvalue weighted by Gasteiger charge is -2.07. The van der Waals surface area contributed by atoms with Crippen LogP contribution in [0.4, 0.5) is 15.9 Å². The Kier molecular flexibility index (Phi) is 5.77. The van der Waals surface area contributed by atoms with E-state index in [4.69, 9.17) is 20.8 Å².